The van der Waals surface area contributed by atoms with E-state index in [0.29, 0.717) is 0 Å². The van der Waals surface area contributed by atoms with Crippen LogP contribution >= 0.6 is 0 Å². The Morgan fingerprint density at radius 3 is 2.57 bits per heavy atom. The minimum absolute atomic E-state index is 0.0481. The molecule has 1 fully saturated rings. The first-order chi connectivity index (χ1) is 10.0. The first-order valence-corrected chi connectivity index (χ1v) is 7.37. The number of hydrogen-bond acceptors (Lipinski definition) is 4. The number of rotatable bonds is 5. The van der Waals surface area contributed by atoms with E-state index < -0.39 is 0 Å². The lowest BCUT2D eigenvalue weighted by Crippen LogP contribution is -2.38. The van der Waals surface area contributed by atoms with Gasteiger partial charge in [-0.05, 0) is 43.6 Å². The van der Waals surface area contributed by atoms with Crippen LogP contribution in [0.15, 0.2) is 18.2 Å². The summed E-state index contributed by atoms with van der Waals surface area (Å²) in [5.74, 6) is 0.781. The highest BCUT2D eigenvalue weighted by molar-refractivity contribution is 5.76. The number of primary amides is 1. The van der Waals surface area contributed by atoms with Gasteiger partial charge in [-0.1, -0.05) is 6.07 Å². The number of anilines is 1. The number of carbonyl (C=O) groups is 1. The molecule has 0 aliphatic carbocycles. The molecule has 1 aromatic carbocycles. The molecular weight excluding hydrogens is 266 g/mol. The normalized spacial score (nSPS) is 16.7. The first-order valence-electron chi connectivity index (χ1n) is 7.37. The maximum atomic E-state index is 11.2. The number of piperidine rings is 1. The Balaban J connectivity index is 1.99. The lowest BCUT2D eigenvalue weighted by Gasteiger charge is -2.30. The molecular formula is C16H25N3O2. The van der Waals surface area contributed by atoms with Gasteiger partial charge in [-0.15, -0.1) is 0 Å². The molecule has 1 amide bonds. The molecule has 0 aromatic heterocycles. The van der Waals surface area contributed by atoms with Gasteiger partial charge < -0.3 is 15.4 Å². The summed E-state index contributed by atoms with van der Waals surface area (Å²) in [6.07, 6.45) is 1.73. The second-order valence-electron chi connectivity index (χ2n) is 5.85. The van der Waals surface area contributed by atoms with Crippen LogP contribution in [0.2, 0.25) is 0 Å². The van der Waals surface area contributed by atoms with Crippen molar-refractivity contribution in [3.05, 3.63) is 23.8 Å². The predicted molar refractivity (Wildman–Crippen MR) is 84.5 cm³/mol. The summed E-state index contributed by atoms with van der Waals surface area (Å²) in [4.78, 5) is 15.6. The fourth-order valence-electron chi connectivity index (χ4n) is 2.82. The number of hydrogen-bond donors (Lipinski definition) is 1. The molecule has 5 nitrogen and oxygen atoms in total. The van der Waals surface area contributed by atoms with Crippen molar-refractivity contribution in [3.8, 4) is 5.75 Å². The monoisotopic (exact) mass is 291 g/mol. The van der Waals surface area contributed by atoms with Crippen LogP contribution in [0, 0.1) is 5.92 Å². The number of nitrogens with two attached hydrogens (primary N) is 1. The molecule has 1 aliphatic heterocycles. The van der Waals surface area contributed by atoms with E-state index in [1.165, 1.54) is 5.56 Å². The van der Waals surface area contributed by atoms with Gasteiger partial charge in [0.05, 0.1) is 12.8 Å². The van der Waals surface area contributed by atoms with E-state index in [2.05, 4.69) is 23.1 Å². The molecule has 116 valence electrons. The summed E-state index contributed by atoms with van der Waals surface area (Å²) >= 11 is 0. The number of likely N-dealkylation sites (tertiary alicyclic amines) is 1. The molecule has 0 saturated carbocycles. The van der Waals surface area contributed by atoms with Gasteiger partial charge in [0.2, 0.25) is 5.91 Å². The van der Waals surface area contributed by atoms with Gasteiger partial charge >= 0.3 is 0 Å². The predicted octanol–water partition coefficient (Wildman–Crippen LogP) is 1.46. The maximum absolute atomic E-state index is 11.2. The zero-order valence-corrected chi connectivity index (χ0v) is 13.1. The summed E-state index contributed by atoms with van der Waals surface area (Å²) in [6, 6.07) is 6.32. The van der Waals surface area contributed by atoms with Crippen molar-refractivity contribution in [2.45, 2.75) is 19.4 Å². The van der Waals surface area contributed by atoms with Crippen LogP contribution in [0.5, 0.6) is 5.75 Å². The van der Waals surface area contributed by atoms with Crippen LogP contribution in [0.4, 0.5) is 5.69 Å². The van der Waals surface area contributed by atoms with E-state index in [4.69, 9.17) is 10.5 Å². The Morgan fingerprint density at radius 2 is 2.05 bits per heavy atom. The first kappa shape index (κ1) is 15.6. The Bertz CT molecular complexity index is 494. The largest absolute Gasteiger partial charge is 0.495 e. The van der Waals surface area contributed by atoms with Crippen LogP contribution in [0.25, 0.3) is 0 Å². The molecule has 0 unspecified atom stereocenters. The standard InChI is InChI=1S/C16H25N3O2/c1-18(2)14-5-4-12(10-15(14)21-3)11-19-8-6-13(7-9-19)16(17)20/h4-5,10,13H,6-9,11H2,1-3H3,(H2,17,20). The quantitative estimate of drug-likeness (QED) is 0.892. The molecule has 0 bridgehead atoms. The second kappa shape index (κ2) is 6.80. The van der Waals surface area contributed by atoms with E-state index in [-0.39, 0.29) is 11.8 Å². The topological polar surface area (TPSA) is 58.8 Å². The minimum atomic E-state index is -0.161. The Morgan fingerprint density at radius 1 is 1.38 bits per heavy atom. The summed E-state index contributed by atoms with van der Waals surface area (Å²) < 4.78 is 5.46. The van der Waals surface area contributed by atoms with Crippen molar-refractivity contribution in [2.24, 2.45) is 11.7 Å². The van der Waals surface area contributed by atoms with Gasteiger partial charge in [0, 0.05) is 26.6 Å². The van der Waals surface area contributed by atoms with Gasteiger partial charge in [-0.2, -0.15) is 0 Å². The molecule has 21 heavy (non-hydrogen) atoms. The minimum Gasteiger partial charge on any atom is -0.495 e. The second-order valence-corrected chi connectivity index (χ2v) is 5.85. The van der Waals surface area contributed by atoms with Gasteiger partial charge in [0.25, 0.3) is 0 Å². The fraction of sp³-hybridized carbons (Fsp3) is 0.562. The van der Waals surface area contributed by atoms with Crippen molar-refractivity contribution >= 4 is 11.6 Å². The number of nitrogens with zero attached hydrogens (tertiary/aromatic N) is 2. The Hall–Kier alpha value is -1.75. The molecule has 2 N–H and O–H groups in total. The number of benzene rings is 1. The zero-order valence-electron chi connectivity index (χ0n) is 13.1. The van der Waals surface area contributed by atoms with E-state index in [1.807, 2.05) is 19.0 Å². The van der Waals surface area contributed by atoms with Crippen molar-refractivity contribution in [1.29, 1.82) is 0 Å². The highest BCUT2D eigenvalue weighted by atomic mass is 16.5. The van der Waals surface area contributed by atoms with E-state index >= 15 is 0 Å². The van der Waals surface area contributed by atoms with Crippen molar-refractivity contribution in [2.75, 3.05) is 39.2 Å². The number of carbonyl (C=O) groups excluding carboxylic acids is 1. The average molecular weight is 291 g/mol. The van der Waals surface area contributed by atoms with Crippen LogP contribution in [0.1, 0.15) is 18.4 Å². The van der Waals surface area contributed by atoms with Gasteiger partial charge in [0.1, 0.15) is 5.75 Å². The molecule has 1 saturated heterocycles. The van der Waals surface area contributed by atoms with Crippen LogP contribution in [-0.4, -0.2) is 45.1 Å². The third-order valence-corrected chi connectivity index (χ3v) is 4.12. The average Bonchev–Trinajstić information content (AvgIpc) is 2.47. The molecule has 2 rings (SSSR count). The van der Waals surface area contributed by atoms with Crippen molar-refractivity contribution in [3.63, 3.8) is 0 Å². The number of amides is 1. The van der Waals surface area contributed by atoms with E-state index in [1.54, 1.807) is 7.11 Å². The summed E-state index contributed by atoms with van der Waals surface area (Å²) in [5, 5.41) is 0. The maximum Gasteiger partial charge on any atom is 0.220 e. The van der Waals surface area contributed by atoms with Crippen molar-refractivity contribution < 1.29 is 9.53 Å². The van der Waals surface area contributed by atoms with Crippen molar-refractivity contribution in [1.82, 2.24) is 4.90 Å². The van der Waals surface area contributed by atoms with Gasteiger partial charge in [-0.25, -0.2) is 0 Å². The summed E-state index contributed by atoms with van der Waals surface area (Å²) in [7, 11) is 5.71. The van der Waals surface area contributed by atoms with Crippen LogP contribution in [0.3, 0.4) is 0 Å². The lowest BCUT2D eigenvalue weighted by atomic mass is 9.96. The zero-order chi connectivity index (χ0) is 15.4. The highest BCUT2D eigenvalue weighted by Crippen LogP contribution is 2.28. The third kappa shape index (κ3) is 3.88. The molecule has 0 spiro atoms. The third-order valence-electron chi connectivity index (χ3n) is 4.12. The van der Waals surface area contributed by atoms with Gasteiger partial charge in [0.15, 0.2) is 0 Å². The molecule has 1 heterocycles. The Labute approximate surface area is 126 Å². The van der Waals surface area contributed by atoms with E-state index in [9.17, 15) is 4.79 Å². The molecule has 1 aliphatic rings. The SMILES string of the molecule is COc1cc(CN2CCC(C(N)=O)CC2)ccc1N(C)C. The molecule has 0 radical (unpaired) electrons. The lowest BCUT2D eigenvalue weighted by molar-refractivity contribution is -0.123. The number of methoxy groups -OCH3 is 1. The molecule has 0 atom stereocenters. The van der Waals surface area contributed by atoms with Crippen LogP contribution in [-0.2, 0) is 11.3 Å². The molecule has 1 aromatic rings. The summed E-state index contributed by atoms with van der Waals surface area (Å²) in [6.45, 7) is 2.73. The smallest absolute Gasteiger partial charge is 0.220 e. The van der Waals surface area contributed by atoms with E-state index in [0.717, 1.165) is 43.9 Å². The fourth-order valence-corrected chi connectivity index (χ4v) is 2.82. The van der Waals surface area contributed by atoms with Crippen LogP contribution < -0.4 is 15.4 Å². The van der Waals surface area contributed by atoms with Gasteiger partial charge in [-0.3, -0.25) is 9.69 Å². The number of ether oxygens (including phenoxy) is 1. The Kier molecular flexibility index (Phi) is 5.07. The summed E-state index contributed by atoms with van der Waals surface area (Å²) in [5.41, 5.74) is 7.68. The highest BCUT2D eigenvalue weighted by Gasteiger charge is 2.23. The molecule has 5 heteroatoms.